The molecule has 0 spiro atoms. The lowest BCUT2D eigenvalue weighted by Crippen LogP contribution is -2.14. The quantitative estimate of drug-likeness (QED) is 0.438. The molecule has 27 heavy (non-hydrogen) atoms. The van der Waals surface area contributed by atoms with Crippen molar-refractivity contribution in [3.05, 3.63) is 59.2 Å². The van der Waals surface area contributed by atoms with Crippen molar-refractivity contribution in [1.29, 1.82) is 0 Å². The highest BCUT2D eigenvalue weighted by Gasteiger charge is 2.05. The molecule has 8 heteroatoms. The second kappa shape index (κ2) is 10.0. The zero-order chi connectivity index (χ0) is 19.6. The van der Waals surface area contributed by atoms with Crippen LogP contribution in [0.25, 0.3) is 0 Å². The summed E-state index contributed by atoms with van der Waals surface area (Å²) in [5.74, 6) is 0. The highest BCUT2D eigenvalue weighted by Crippen LogP contribution is 2.02. The van der Waals surface area contributed by atoms with E-state index in [1.165, 1.54) is 0 Å². The Labute approximate surface area is 158 Å². The smallest absolute Gasteiger partial charge is 0.162 e. The SMILES string of the molecule is CC(=NOCC(CON=C(C)c1cccc(C)n1)=NO)c1cccc(C)n1. The fourth-order valence-corrected chi connectivity index (χ4v) is 2.09. The molecule has 0 bridgehead atoms. The molecule has 0 aliphatic heterocycles. The fourth-order valence-electron chi connectivity index (χ4n) is 2.09. The maximum absolute atomic E-state index is 9.07. The van der Waals surface area contributed by atoms with E-state index in [4.69, 9.17) is 14.9 Å². The minimum Gasteiger partial charge on any atom is -0.411 e. The molecule has 0 radical (unpaired) electrons. The van der Waals surface area contributed by atoms with Crippen LogP contribution in [0.15, 0.2) is 51.9 Å². The Morgan fingerprint density at radius 1 is 0.852 bits per heavy atom. The van der Waals surface area contributed by atoms with E-state index in [1.807, 2.05) is 50.2 Å². The van der Waals surface area contributed by atoms with Crippen molar-refractivity contribution in [1.82, 2.24) is 9.97 Å². The van der Waals surface area contributed by atoms with Gasteiger partial charge in [0.25, 0.3) is 0 Å². The maximum atomic E-state index is 9.07. The summed E-state index contributed by atoms with van der Waals surface area (Å²) in [6.07, 6.45) is 0. The monoisotopic (exact) mass is 369 g/mol. The van der Waals surface area contributed by atoms with Crippen molar-refractivity contribution < 1.29 is 14.9 Å². The van der Waals surface area contributed by atoms with Gasteiger partial charge in [0.1, 0.15) is 17.1 Å². The molecule has 0 saturated heterocycles. The van der Waals surface area contributed by atoms with Crippen molar-refractivity contribution in [3.8, 4) is 0 Å². The Balaban J connectivity index is 1.85. The van der Waals surface area contributed by atoms with Crippen LogP contribution in [-0.2, 0) is 9.68 Å². The summed E-state index contributed by atoms with van der Waals surface area (Å²) in [6, 6.07) is 11.3. The molecule has 2 rings (SSSR count). The number of pyridine rings is 2. The molecular formula is C19H23N5O3. The molecule has 0 aliphatic carbocycles. The van der Waals surface area contributed by atoms with Gasteiger partial charge in [-0.15, -0.1) is 0 Å². The van der Waals surface area contributed by atoms with E-state index in [0.717, 1.165) is 22.8 Å². The largest absolute Gasteiger partial charge is 0.411 e. The molecule has 1 N–H and O–H groups in total. The van der Waals surface area contributed by atoms with Gasteiger partial charge in [-0.1, -0.05) is 27.6 Å². The molecule has 0 aromatic carbocycles. The summed E-state index contributed by atoms with van der Waals surface area (Å²) in [5, 5.41) is 20.2. The van der Waals surface area contributed by atoms with Crippen LogP contribution in [-0.4, -0.2) is 45.5 Å². The Morgan fingerprint density at radius 3 is 1.67 bits per heavy atom. The lowest BCUT2D eigenvalue weighted by molar-refractivity contribution is 0.152. The van der Waals surface area contributed by atoms with Crippen LogP contribution >= 0.6 is 0 Å². The molecule has 0 atom stereocenters. The van der Waals surface area contributed by atoms with Gasteiger partial charge in [0.2, 0.25) is 0 Å². The Morgan fingerprint density at radius 2 is 1.30 bits per heavy atom. The van der Waals surface area contributed by atoms with Gasteiger partial charge in [0, 0.05) is 11.4 Å². The molecule has 0 aliphatic rings. The first-order valence-corrected chi connectivity index (χ1v) is 8.40. The number of oxime groups is 3. The Kier molecular flexibility index (Phi) is 7.42. The molecule has 2 aromatic rings. The molecule has 2 heterocycles. The first kappa shape index (κ1) is 20.0. The lowest BCUT2D eigenvalue weighted by atomic mass is 10.2. The van der Waals surface area contributed by atoms with Crippen LogP contribution in [0.2, 0.25) is 0 Å². The van der Waals surface area contributed by atoms with Crippen LogP contribution in [0.4, 0.5) is 0 Å². The first-order chi connectivity index (χ1) is 13.0. The molecule has 142 valence electrons. The van der Waals surface area contributed by atoms with Crippen LogP contribution in [0.5, 0.6) is 0 Å². The van der Waals surface area contributed by atoms with E-state index >= 15 is 0 Å². The van der Waals surface area contributed by atoms with Gasteiger partial charge in [0.15, 0.2) is 13.2 Å². The second-order valence-corrected chi connectivity index (χ2v) is 5.89. The topological polar surface area (TPSA) is 102 Å². The Hall–Kier alpha value is -3.29. The third kappa shape index (κ3) is 6.50. The van der Waals surface area contributed by atoms with Crippen molar-refractivity contribution in [3.63, 3.8) is 0 Å². The van der Waals surface area contributed by atoms with Gasteiger partial charge in [0.05, 0.1) is 11.4 Å². The van der Waals surface area contributed by atoms with E-state index in [1.54, 1.807) is 13.8 Å². The lowest BCUT2D eigenvalue weighted by Gasteiger charge is -2.05. The van der Waals surface area contributed by atoms with E-state index in [-0.39, 0.29) is 18.9 Å². The highest BCUT2D eigenvalue weighted by molar-refractivity contribution is 5.97. The second-order valence-electron chi connectivity index (χ2n) is 5.89. The molecule has 8 nitrogen and oxygen atoms in total. The van der Waals surface area contributed by atoms with Crippen molar-refractivity contribution in [2.45, 2.75) is 27.7 Å². The maximum Gasteiger partial charge on any atom is 0.162 e. The van der Waals surface area contributed by atoms with Crippen LogP contribution < -0.4 is 0 Å². The summed E-state index contributed by atoms with van der Waals surface area (Å²) in [6.45, 7) is 7.32. The van der Waals surface area contributed by atoms with Crippen molar-refractivity contribution in [2.75, 3.05) is 13.2 Å². The van der Waals surface area contributed by atoms with Gasteiger partial charge < -0.3 is 14.9 Å². The van der Waals surface area contributed by atoms with Crippen LogP contribution in [0, 0.1) is 13.8 Å². The van der Waals surface area contributed by atoms with Crippen LogP contribution in [0.3, 0.4) is 0 Å². The standard InChI is InChI=1S/C19H23N5O3/c1-13-7-5-9-18(20-13)15(3)23-26-11-17(22-25)12-27-24-16(4)19-10-6-8-14(2)21-19/h5-10,25H,11-12H2,1-4H3. The molecular weight excluding hydrogens is 346 g/mol. The van der Waals surface area contributed by atoms with Crippen LogP contribution in [0.1, 0.15) is 36.6 Å². The van der Waals surface area contributed by atoms with Gasteiger partial charge in [-0.25, -0.2) is 0 Å². The third-order valence-electron chi connectivity index (χ3n) is 3.52. The predicted octanol–water partition coefficient (Wildman–Crippen LogP) is 3.11. The van der Waals surface area contributed by atoms with E-state index in [0.29, 0.717) is 11.4 Å². The summed E-state index contributed by atoms with van der Waals surface area (Å²) >= 11 is 0. The first-order valence-electron chi connectivity index (χ1n) is 8.40. The van der Waals surface area contributed by atoms with Gasteiger partial charge in [-0.05, 0) is 52.0 Å². The number of nitrogens with zero attached hydrogens (tertiary/aromatic N) is 5. The van der Waals surface area contributed by atoms with Crippen molar-refractivity contribution >= 4 is 17.1 Å². The average molecular weight is 369 g/mol. The van der Waals surface area contributed by atoms with E-state index < -0.39 is 0 Å². The van der Waals surface area contributed by atoms with Gasteiger partial charge in [-0.2, -0.15) is 0 Å². The number of aromatic nitrogens is 2. The number of hydrogen-bond acceptors (Lipinski definition) is 8. The minimum absolute atomic E-state index is 0.0308. The van der Waals surface area contributed by atoms with E-state index in [9.17, 15) is 0 Å². The average Bonchev–Trinajstić information content (AvgIpc) is 2.66. The van der Waals surface area contributed by atoms with Gasteiger partial charge >= 0.3 is 0 Å². The third-order valence-corrected chi connectivity index (χ3v) is 3.52. The predicted molar refractivity (Wildman–Crippen MR) is 103 cm³/mol. The Bertz CT molecular complexity index is 794. The van der Waals surface area contributed by atoms with Crippen molar-refractivity contribution in [2.24, 2.45) is 15.5 Å². The minimum atomic E-state index is -0.0308. The zero-order valence-corrected chi connectivity index (χ0v) is 15.9. The molecule has 0 fully saturated rings. The molecule has 0 saturated carbocycles. The molecule has 0 amide bonds. The number of rotatable bonds is 8. The highest BCUT2D eigenvalue weighted by atomic mass is 16.6. The summed E-state index contributed by atoms with van der Waals surface area (Å²) in [7, 11) is 0. The molecule has 0 unspecified atom stereocenters. The summed E-state index contributed by atoms with van der Waals surface area (Å²) in [4.78, 5) is 19.1. The number of hydrogen-bond donors (Lipinski definition) is 1. The normalized spacial score (nSPS) is 11.9. The summed E-state index contributed by atoms with van der Waals surface area (Å²) < 4.78 is 0. The zero-order valence-electron chi connectivity index (χ0n) is 15.9. The van der Waals surface area contributed by atoms with Gasteiger partial charge in [-0.3, -0.25) is 9.97 Å². The van der Waals surface area contributed by atoms with E-state index in [2.05, 4.69) is 25.4 Å². The molecule has 2 aromatic heterocycles. The summed E-state index contributed by atoms with van der Waals surface area (Å²) in [5.41, 5.74) is 4.72. The fraction of sp³-hybridized carbons (Fsp3) is 0.316. The number of aryl methyl sites for hydroxylation is 2.